The number of aliphatic imine (C=N–C) groups is 1. The summed E-state index contributed by atoms with van der Waals surface area (Å²) in [6, 6.07) is 0. The maximum atomic E-state index is 5.91. The Hall–Kier alpha value is 0.160. The fourth-order valence-electron chi connectivity index (χ4n) is 1.45. The van der Waals surface area contributed by atoms with E-state index in [4.69, 9.17) is 34.8 Å². The van der Waals surface area contributed by atoms with Gasteiger partial charge in [-0.3, -0.25) is 15.2 Å². The van der Waals surface area contributed by atoms with E-state index in [1.165, 1.54) is 0 Å². The number of hydrogen-bond donors (Lipinski definition) is 3. The summed E-state index contributed by atoms with van der Waals surface area (Å²) in [5.41, 5.74) is 0. The van der Waals surface area contributed by atoms with E-state index in [-0.39, 0.29) is 5.84 Å². The number of amidine groups is 1. The third-order valence-corrected chi connectivity index (χ3v) is 5.07. The molecule has 0 fully saturated rings. The molecule has 0 aromatic heterocycles. The molecular weight excluding hydrogens is 329 g/mol. The Morgan fingerprint density at radius 1 is 1.21 bits per heavy atom. The highest BCUT2D eigenvalue weighted by Gasteiger charge is 2.35. The van der Waals surface area contributed by atoms with Gasteiger partial charge >= 0.3 is 0 Å². The van der Waals surface area contributed by atoms with Gasteiger partial charge in [0.05, 0.1) is 0 Å². The Bertz CT molecular complexity index is 418. The van der Waals surface area contributed by atoms with Crippen LogP contribution in [-0.4, -0.2) is 35.2 Å². The Morgan fingerprint density at radius 2 is 1.79 bits per heavy atom. The number of guanidine groups is 1. The summed E-state index contributed by atoms with van der Waals surface area (Å²) < 4.78 is 7.32. The van der Waals surface area contributed by atoms with E-state index in [0.29, 0.717) is 25.6 Å². The topological polar surface area (TPSA) is 73.2 Å². The number of nitrogens with zero attached hydrogens (tertiary/aromatic N) is 3. The minimum atomic E-state index is -2.36. The van der Waals surface area contributed by atoms with Gasteiger partial charge < -0.3 is 5.32 Å². The molecule has 1 aliphatic rings. The van der Waals surface area contributed by atoms with Crippen molar-refractivity contribution in [3.05, 3.63) is 0 Å². The van der Waals surface area contributed by atoms with E-state index in [1.54, 1.807) is 0 Å². The molecule has 110 valence electrons. The monoisotopic (exact) mass is 346 g/mol. The summed E-state index contributed by atoms with van der Waals surface area (Å²) in [7, 11) is -2.36. The summed E-state index contributed by atoms with van der Waals surface area (Å²) in [5.74, 6) is 0.656. The lowest BCUT2D eigenvalue weighted by molar-refractivity contribution is 0.917. The number of halogens is 3. The van der Waals surface area contributed by atoms with Gasteiger partial charge in [-0.2, -0.15) is 9.51 Å². The molecule has 0 amide bonds. The molecule has 1 aliphatic heterocycles. The lowest BCUT2D eigenvalue weighted by Crippen LogP contribution is -2.42. The largest absolute Gasteiger partial charge is 0.309 e. The van der Waals surface area contributed by atoms with Crippen LogP contribution in [0, 0.1) is 0 Å². The first kappa shape index (κ1) is 17.2. The van der Waals surface area contributed by atoms with Crippen LogP contribution in [0.5, 0.6) is 0 Å². The molecule has 0 saturated heterocycles. The summed E-state index contributed by atoms with van der Waals surface area (Å²) >= 11 is 17.7. The maximum absolute atomic E-state index is 5.91. The molecule has 0 saturated carbocycles. The van der Waals surface area contributed by atoms with Crippen LogP contribution in [0.4, 0.5) is 0 Å². The average molecular weight is 348 g/mol. The standard InChI is InChI=1S/C9H18Cl3N6P/c1-4-13-8-16-7(9(10,11)12)17-19(18-8,14-5-2)15-6-3/h14-15H,4-6H2,1-3H3,(H,13,16,17). The van der Waals surface area contributed by atoms with Crippen molar-refractivity contribution >= 4 is 54.1 Å². The molecule has 0 aromatic rings. The lowest BCUT2D eigenvalue weighted by Gasteiger charge is -2.29. The zero-order chi connectivity index (χ0) is 14.5. The van der Waals surface area contributed by atoms with Crippen molar-refractivity contribution in [2.24, 2.45) is 14.5 Å². The molecule has 19 heavy (non-hydrogen) atoms. The first-order valence-corrected chi connectivity index (χ1v) is 8.81. The van der Waals surface area contributed by atoms with Crippen molar-refractivity contribution in [2.45, 2.75) is 24.6 Å². The van der Waals surface area contributed by atoms with Gasteiger partial charge in [0, 0.05) is 19.6 Å². The summed E-state index contributed by atoms with van der Waals surface area (Å²) in [4.78, 5) is 4.24. The first-order chi connectivity index (χ1) is 8.87. The Labute approximate surface area is 128 Å². The summed E-state index contributed by atoms with van der Waals surface area (Å²) in [6.45, 7) is 7.82. The quantitative estimate of drug-likeness (QED) is 0.529. The van der Waals surface area contributed by atoms with Crippen LogP contribution in [0.3, 0.4) is 0 Å². The predicted molar refractivity (Wildman–Crippen MR) is 85.5 cm³/mol. The van der Waals surface area contributed by atoms with E-state index < -0.39 is 11.3 Å². The van der Waals surface area contributed by atoms with Crippen LogP contribution in [0.25, 0.3) is 0 Å². The summed E-state index contributed by atoms with van der Waals surface area (Å²) in [6.07, 6.45) is 0. The smallest absolute Gasteiger partial charge is 0.248 e. The van der Waals surface area contributed by atoms with Gasteiger partial charge in [-0.15, -0.1) is 0 Å². The molecule has 0 atom stereocenters. The van der Waals surface area contributed by atoms with Gasteiger partial charge in [-0.25, -0.2) is 0 Å². The van der Waals surface area contributed by atoms with Gasteiger partial charge in [-0.1, -0.05) is 48.7 Å². The molecule has 1 rings (SSSR count). The number of nitrogens with one attached hydrogen (secondary N) is 3. The van der Waals surface area contributed by atoms with Gasteiger partial charge in [0.2, 0.25) is 17.3 Å². The highest BCUT2D eigenvalue weighted by atomic mass is 35.6. The van der Waals surface area contributed by atoms with E-state index in [0.717, 1.165) is 0 Å². The molecule has 6 nitrogen and oxygen atoms in total. The normalized spacial score (nSPS) is 20.7. The number of rotatable bonds is 5. The number of alkyl halides is 3. The van der Waals surface area contributed by atoms with Crippen LogP contribution in [0.15, 0.2) is 14.5 Å². The van der Waals surface area contributed by atoms with Crippen molar-refractivity contribution in [3.8, 4) is 0 Å². The number of hydrogen-bond acceptors (Lipinski definition) is 4. The average Bonchev–Trinajstić information content (AvgIpc) is 2.28. The van der Waals surface area contributed by atoms with Crippen molar-refractivity contribution in [1.29, 1.82) is 0 Å². The molecule has 3 N–H and O–H groups in total. The van der Waals surface area contributed by atoms with Crippen LogP contribution >= 0.6 is 42.3 Å². The molecule has 0 unspecified atom stereocenters. The highest BCUT2D eigenvalue weighted by Crippen LogP contribution is 2.46. The van der Waals surface area contributed by atoms with Gasteiger partial charge in [0.1, 0.15) is 0 Å². The van der Waals surface area contributed by atoms with Crippen molar-refractivity contribution < 1.29 is 0 Å². The van der Waals surface area contributed by atoms with Crippen molar-refractivity contribution in [2.75, 3.05) is 19.6 Å². The molecule has 0 radical (unpaired) electrons. The van der Waals surface area contributed by atoms with Crippen LogP contribution in [0.2, 0.25) is 0 Å². The molecule has 0 aromatic carbocycles. The van der Waals surface area contributed by atoms with Crippen LogP contribution < -0.4 is 15.5 Å². The predicted octanol–water partition coefficient (Wildman–Crippen LogP) is 2.90. The van der Waals surface area contributed by atoms with Crippen LogP contribution in [-0.2, 0) is 0 Å². The molecule has 1 heterocycles. The second-order valence-electron chi connectivity index (χ2n) is 3.59. The Balaban J connectivity index is 3.28. The van der Waals surface area contributed by atoms with Gasteiger partial charge in [-0.05, 0) is 6.92 Å². The zero-order valence-corrected chi connectivity index (χ0v) is 14.2. The Morgan fingerprint density at radius 3 is 2.21 bits per heavy atom. The summed E-state index contributed by atoms with van der Waals surface area (Å²) in [5, 5.41) is 9.33. The van der Waals surface area contributed by atoms with E-state index in [9.17, 15) is 0 Å². The maximum Gasteiger partial charge on any atom is 0.248 e. The zero-order valence-electron chi connectivity index (χ0n) is 11.0. The third-order valence-electron chi connectivity index (χ3n) is 2.05. The van der Waals surface area contributed by atoms with Gasteiger partial charge in [0.15, 0.2) is 5.84 Å². The first-order valence-electron chi connectivity index (χ1n) is 5.98. The second kappa shape index (κ2) is 7.25. The molecule has 0 spiro atoms. The fourth-order valence-corrected chi connectivity index (χ4v) is 4.09. The minimum absolute atomic E-state index is 0.231. The third kappa shape index (κ3) is 4.88. The SMILES string of the molecule is CCN=C1N=P(NCC)(NCC)N=C(C(Cl)(Cl)Cl)N1. The second-order valence-corrected chi connectivity index (χ2v) is 8.11. The Kier molecular flexibility index (Phi) is 6.57. The highest BCUT2D eigenvalue weighted by molar-refractivity contribution is 7.61. The van der Waals surface area contributed by atoms with Crippen molar-refractivity contribution in [1.82, 2.24) is 15.5 Å². The van der Waals surface area contributed by atoms with Gasteiger partial charge in [0.25, 0.3) is 0 Å². The van der Waals surface area contributed by atoms with E-state index in [2.05, 4.69) is 30.0 Å². The van der Waals surface area contributed by atoms with Crippen molar-refractivity contribution in [3.63, 3.8) is 0 Å². The van der Waals surface area contributed by atoms with Crippen LogP contribution in [0.1, 0.15) is 20.8 Å². The van der Waals surface area contributed by atoms with E-state index >= 15 is 0 Å². The molecule has 0 aliphatic carbocycles. The van der Waals surface area contributed by atoms with E-state index in [1.807, 2.05) is 20.8 Å². The molecule has 10 heteroatoms. The molecular formula is C9H18Cl3N6P. The minimum Gasteiger partial charge on any atom is -0.309 e. The lowest BCUT2D eigenvalue weighted by atomic mass is 10.6. The fraction of sp³-hybridized carbons (Fsp3) is 0.778. The molecule has 0 bridgehead atoms.